The second kappa shape index (κ2) is 50.7. The van der Waals surface area contributed by atoms with Crippen molar-refractivity contribution >= 4 is 22.1 Å². The van der Waals surface area contributed by atoms with Gasteiger partial charge in [0, 0.05) is 5.97 Å². The summed E-state index contributed by atoms with van der Waals surface area (Å²) >= 11 is 0. The van der Waals surface area contributed by atoms with Crippen molar-refractivity contribution in [1.82, 2.24) is 0 Å². The predicted molar refractivity (Wildman–Crippen MR) is 256 cm³/mol. The van der Waals surface area contributed by atoms with Gasteiger partial charge in [-0.3, -0.25) is 4.55 Å². The largest absolute Gasteiger partial charge is 1.00 e. The zero-order chi connectivity index (χ0) is 45.0. The normalized spacial score (nSPS) is 13.0. The van der Waals surface area contributed by atoms with Crippen LogP contribution in [0.15, 0.2) is 0 Å². The Bertz CT molecular complexity index is 1080. The fourth-order valence-corrected chi connectivity index (χ4v) is 10.9. The van der Waals surface area contributed by atoms with Crippen molar-refractivity contribution in [3.05, 3.63) is 0 Å². The summed E-state index contributed by atoms with van der Waals surface area (Å²) in [6.45, 7) is 4.54. The molecule has 0 amide bonds. The maximum Gasteiger partial charge on any atom is 1.00 e. The van der Waals surface area contributed by atoms with Gasteiger partial charge in [-0.2, -0.15) is 8.42 Å². The summed E-state index contributed by atoms with van der Waals surface area (Å²) in [6, 6.07) is 0. The second-order valence-corrected chi connectivity index (χ2v) is 21.0. The summed E-state index contributed by atoms with van der Waals surface area (Å²) in [5.74, 6) is -4.70. The number of carboxylic acid groups (broad SMARTS) is 2. The third-order valence-corrected chi connectivity index (χ3v) is 15.3. The number of hydrogen-bond acceptors (Lipinski definition) is 6. The molecule has 0 bridgehead atoms. The molecule has 2 atom stereocenters. The fraction of sp³-hybridized carbons (Fsp3) is 0.962. The standard InChI is InChI=1S/C53H104O7S.2Na/c1-3-5-7-9-11-13-15-17-19-21-23-25-27-29-31-33-35-37-39-41-43-45-47-50(49-51(54)55)53(52(56)57,61(58,59)60)48-46-44-42-40-38-36-34-32-30-28-26-24-22-20-18-16-14-12-10-8-6-4-2;;/h50H,3-49H2,1-2H3,(H,54,55)(H,56,57)(H,58,59,60);;/q;2*+1/p-2. The van der Waals surface area contributed by atoms with Gasteiger partial charge in [-0.05, 0) is 25.2 Å². The molecule has 0 saturated heterocycles. The van der Waals surface area contributed by atoms with Crippen molar-refractivity contribution in [2.45, 2.75) is 320 Å². The average molecular weight is 929 g/mol. The zero-order valence-electron chi connectivity index (χ0n) is 42.6. The topological polar surface area (TPSA) is 135 Å². The molecule has 0 rings (SSSR count). The van der Waals surface area contributed by atoms with E-state index in [1.807, 2.05) is 0 Å². The van der Waals surface area contributed by atoms with Crippen LogP contribution in [0.1, 0.15) is 316 Å². The van der Waals surface area contributed by atoms with Gasteiger partial charge in [0.2, 0.25) is 0 Å². The SMILES string of the molecule is CCCCCCCCCCCCCCCCCCCCCCCCC(CC(=O)[O-])C(CCCCCCCCCCCCCCCCCCCCCCCC)(C(=O)[O-])S(=O)(=O)O.[Na+].[Na+]. The van der Waals surface area contributed by atoms with E-state index in [1.165, 1.54) is 218 Å². The number of carboxylic acids is 2. The van der Waals surface area contributed by atoms with Crippen LogP contribution < -0.4 is 69.3 Å². The van der Waals surface area contributed by atoms with Gasteiger partial charge in [0.25, 0.3) is 10.1 Å². The van der Waals surface area contributed by atoms with E-state index < -0.39 is 39.1 Å². The molecule has 0 radical (unpaired) electrons. The number of rotatable bonds is 51. The molecule has 0 aliphatic heterocycles. The summed E-state index contributed by atoms with van der Waals surface area (Å²) in [5.41, 5.74) is 0. The Kier molecular flexibility index (Phi) is 54.8. The summed E-state index contributed by atoms with van der Waals surface area (Å²) in [7, 11) is -5.13. The first-order valence-electron chi connectivity index (χ1n) is 27.0. The number of unbranched alkanes of at least 4 members (excludes halogenated alkanes) is 42. The Morgan fingerprint density at radius 1 is 0.397 bits per heavy atom. The molecule has 364 valence electrons. The molecule has 0 spiro atoms. The maximum absolute atomic E-state index is 12.7. The van der Waals surface area contributed by atoms with Gasteiger partial charge < -0.3 is 19.8 Å². The average Bonchev–Trinajstić information content (AvgIpc) is 3.22. The first kappa shape index (κ1) is 68.1. The summed E-state index contributed by atoms with van der Waals surface area (Å²) in [6.07, 6.45) is 53.2. The van der Waals surface area contributed by atoms with Crippen molar-refractivity contribution in [3.63, 3.8) is 0 Å². The van der Waals surface area contributed by atoms with Crippen LogP contribution in [0.5, 0.6) is 0 Å². The minimum Gasteiger partial charge on any atom is -0.550 e. The number of carbonyl (C=O) groups is 2. The van der Waals surface area contributed by atoms with Crippen LogP contribution in [0, 0.1) is 5.92 Å². The van der Waals surface area contributed by atoms with Gasteiger partial charge in [-0.1, -0.05) is 296 Å². The maximum atomic E-state index is 12.7. The van der Waals surface area contributed by atoms with Gasteiger partial charge in [0.15, 0.2) is 0 Å². The molecule has 0 aliphatic carbocycles. The first-order chi connectivity index (χ1) is 29.6. The van der Waals surface area contributed by atoms with E-state index in [1.54, 1.807) is 0 Å². The Morgan fingerprint density at radius 3 is 0.794 bits per heavy atom. The van der Waals surface area contributed by atoms with Gasteiger partial charge in [-0.15, -0.1) is 0 Å². The smallest absolute Gasteiger partial charge is 0.550 e. The second-order valence-electron chi connectivity index (χ2n) is 19.3. The predicted octanol–water partition coefficient (Wildman–Crippen LogP) is 9.11. The van der Waals surface area contributed by atoms with Gasteiger partial charge in [-0.25, -0.2) is 0 Å². The van der Waals surface area contributed by atoms with Crippen molar-refractivity contribution in [3.8, 4) is 0 Å². The zero-order valence-corrected chi connectivity index (χ0v) is 47.4. The van der Waals surface area contributed by atoms with E-state index in [9.17, 15) is 32.8 Å². The van der Waals surface area contributed by atoms with Crippen LogP contribution in [-0.2, 0) is 19.7 Å². The van der Waals surface area contributed by atoms with E-state index in [-0.39, 0.29) is 78.4 Å². The van der Waals surface area contributed by atoms with Crippen LogP contribution in [0.25, 0.3) is 0 Å². The van der Waals surface area contributed by atoms with Crippen LogP contribution >= 0.6 is 0 Å². The summed E-state index contributed by atoms with van der Waals surface area (Å²) < 4.78 is 33.1. The molecule has 0 aromatic heterocycles. The quantitative estimate of drug-likeness (QED) is 0.0366. The fourth-order valence-electron chi connectivity index (χ4n) is 9.61. The minimum absolute atomic E-state index is 0. The first-order valence-corrected chi connectivity index (χ1v) is 28.5. The third-order valence-electron chi connectivity index (χ3n) is 13.7. The Morgan fingerprint density at radius 2 is 0.603 bits per heavy atom. The number of aliphatic carboxylic acids is 2. The third kappa shape index (κ3) is 41.5. The number of carbonyl (C=O) groups excluding carboxylic acids is 2. The molecule has 0 aromatic rings. The van der Waals surface area contributed by atoms with E-state index in [0.717, 1.165) is 44.9 Å². The van der Waals surface area contributed by atoms with Crippen LogP contribution in [-0.4, -0.2) is 29.7 Å². The van der Waals surface area contributed by atoms with E-state index >= 15 is 0 Å². The molecule has 0 fully saturated rings. The molecule has 0 saturated carbocycles. The summed E-state index contributed by atoms with van der Waals surface area (Å²) in [5, 5.41) is 24.2. The van der Waals surface area contributed by atoms with Crippen LogP contribution in [0.3, 0.4) is 0 Å². The van der Waals surface area contributed by atoms with E-state index in [4.69, 9.17) is 0 Å². The van der Waals surface area contributed by atoms with E-state index in [2.05, 4.69) is 13.8 Å². The monoisotopic (exact) mass is 929 g/mol. The minimum atomic E-state index is -5.13. The molecule has 7 nitrogen and oxygen atoms in total. The Balaban J connectivity index is -0.0000180. The molecule has 0 heterocycles. The Labute approximate surface area is 436 Å². The van der Waals surface area contributed by atoms with Gasteiger partial charge >= 0.3 is 59.1 Å². The molecule has 1 N–H and O–H groups in total. The Hall–Kier alpha value is 0.850. The molecule has 2 unspecified atom stereocenters. The van der Waals surface area contributed by atoms with Crippen molar-refractivity contribution in [1.29, 1.82) is 0 Å². The van der Waals surface area contributed by atoms with Crippen molar-refractivity contribution in [2.75, 3.05) is 0 Å². The molecule has 0 aromatic carbocycles. The van der Waals surface area contributed by atoms with Crippen LogP contribution in [0.2, 0.25) is 0 Å². The summed E-state index contributed by atoms with van der Waals surface area (Å²) in [4.78, 5) is 24.2. The number of hydrogen-bond donors (Lipinski definition) is 1. The molecule has 63 heavy (non-hydrogen) atoms. The van der Waals surface area contributed by atoms with Crippen molar-refractivity contribution < 1.29 is 91.9 Å². The van der Waals surface area contributed by atoms with Crippen LogP contribution in [0.4, 0.5) is 0 Å². The van der Waals surface area contributed by atoms with Gasteiger partial charge in [0.05, 0.1) is 5.97 Å². The van der Waals surface area contributed by atoms with Crippen molar-refractivity contribution in [2.24, 2.45) is 5.92 Å². The molecule has 0 aliphatic rings. The van der Waals surface area contributed by atoms with E-state index in [0.29, 0.717) is 12.8 Å². The molecule has 10 heteroatoms. The van der Waals surface area contributed by atoms with Gasteiger partial charge in [0.1, 0.15) is 4.75 Å². The molecular weight excluding hydrogens is 827 g/mol. The molecular formula is C53H102Na2O7S.